The lowest BCUT2D eigenvalue weighted by Gasteiger charge is -2.15. The minimum Gasteiger partial charge on any atom is -0.353 e. The first-order valence-electron chi connectivity index (χ1n) is 9.17. The minimum absolute atomic E-state index is 0.0229. The van der Waals surface area contributed by atoms with Gasteiger partial charge in [-0.2, -0.15) is 0 Å². The first kappa shape index (κ1) is 20.5. The van der Waals surface area contributed by atoms with Crippen LogP contribution in [0.2, 0.25) is 0 Å². The number of carbonyl (C=O) groups excluding carboxylic acids is 1. The molecule has 1 heterocycles. The van der Waals surface area contributed by atoms with Crippen molar-refractivity contribution < 1.29 is 4.79 Å². The normalized spacial score (nSPS) is 12.5. The fourth-order valence-corrected chi connectivity index (χ4v) is 3.63. The summed E-state index contributed by atoms with van der Waals surface area (Å²) in [4.78, 5) is 29.2. The van der Waals surface area contributed by atoms with E-state index in [2.05, 4.69) is 24.1 Å². The van der Waals surface area contributed by atoms with Gasteiger partial charge in [0.15, 0.2) is 5.16 Å². The lowest BCUT2D eigenvalue weighted by molar-refractivity contribution is -0.119. The molecule has 0 fully saturated rings. The predicted molar refractivity (Wildman–Crippen MR) is 109 cm³/mol. The Morgan fingerprint density at radius 2 is 2.00 bits per heavy atom. The number of nitrogens with zero attached hydrogens (tertiary/aromatic N) is 2. The molecule has 0 spiro atoms. The van der Waals surface area contributed by atoms with Gasteiger partial charge in [-0.05, 0) is 38.3 Å². The number of nitrogens with one attached hydrogen (secondary N) is 1. The van der Waals surface area contributed by atoms with Crippen molar-refractivity contribution >= 4 is 28.6 Å². The number of hydrogen-bond donors (Lipinski definition) is 1. The highest BCUT2D eigenvalue weighted by atomic mass is 32.2. The maximum atomic E-state index is 12.5. The topological polar surface area (TPSA) is 64.0 Å². The summed E-state index contributed by atoms with van der Waals surface area (Å²) in [6.07, 6.45) is 3.28. The summed E-state index contributed by atoms with van der Waals surface area (Å²) in [7, 11) is 1.70. The number of aromatic nitrogens is 2. The number of aryl methyl sites for hydroxylation is 1. The number of fused-ring (bicyclic) bond motifs is 1. The Labute approximate surface area is 159 Å². The zero-order valence-electron chi connectivity index (χ0n) is 16.3. The Bertz CT molecular complexity index is 830. The molecule has 0 aliphatic rings. The molecule has 1 aromatic carbocycles. The molecule has 2 aromatic rings. The Hall–Kier alpha value is -1.82. The second-order valence-electron chi connectivity index (χ2n) is 7.36. The van der Waals surface area contributed by atoms with Crippen LogP contribution >= 0.6 is 11.8 Å². The first-order valence-corrected chi connectivity index (χ1v) is 10.2. The molecule has 1 atom stereocenters. The zero-order chi connectivity index (χ0) is 19.3. The van der Waals surface area contributed by atoms with Crippen LogP contribution in [-0.2, 0) is 11.8 Å². The van der Waals surface area contributed by atoms with E-state index >= 15 is 0 Å². The van der Waals surface area contributed by atoms with E-state index in [1.165, 1.54) is 22.7 Å². The van der Waals surface area contributed by atoms with E-state index in [0.29, 0.717) is 22.0 Å². The molecule has 1 aromatic heterocycles. The van der Waals surface area contributed by atoms with Gasteiger partial charge < -0.3 is 5.32 Å². The highest BCUT2D eigenvalue weighted by Gasteiger charge is 2.12. The van der Waals surface area contributed by atoms with Crippen LogP contribution in [0.5, 0.6) is 0 Å². The average Bonchev–Trinajstić information content (AvgIpc) is 2.57. The molecule has 1 N–H and O–H groups in total. The van der Waals surface area contributed by atoms with Crippen LogP contribution in [0.3, 0.4) is 0 Å². The fourth-order valence-electron chi connectivity index (χ4n) is 2.84. The summed E-state index contributed by atoms with van der Waals surface area (Å²) in [5.74, 6) is 0.925. The highest BCUT2D eigenvalue weighted by Crippen LogP contribution is 2.18. The monoisotopic (exact) mass is 375 g/mol. The van der Waals surface area contributed by atoms with Gasteiger partial charge in [0.25, 0.3) is 5.56 Å². The van der Waals surface area contributed by atoms with Gasteiger partial charge in [0, 0.05) is 13.1 Å². The predicted octanol–water partition coefficient (Wildman–Crippen LogP) is 3.67. The molecule has 0 aliphatic carbocycles. The van der Waals surface area contributed by atoms with E-state index in [0.717, 1.165) is 18.4 Å². The SMILES string of the molecule is Cc1ccc2nc(SCC(=O)NC(C)CCCC(C)C)n(C)c(=O)c2c1. The number of hydrogen-bond acceptors (Lipinski definition) is 4. The van der Waals surface area contributed by atoms with Crippen molar-refractivity contribution in [3.63, 3.8) is 0 Å². The zero-order valence-corrected chi connectivity index (χ0v) is 17.2. The maximum Gasteiger partial charge on any atom is 0.261 e. The quantitative estimate of drug-likeness (QED) is 0.565. The Morgan fingerprint density at radius 1 is 1.27 bits per heavy atom. The second-order valence-corrected chi connectivity index (χ2v) is 8.30. The molecule has 0 saturated carbocycles. The third-order valence-corrected chi connectivity index (χ3v) is 5.38. The summed E-state index contributed by atoms with van der Waals surface area (Å²) in [5.41, 5.74) is 1.62. The van der Waals surface area contributed by atoms with E-state index < -0.39 is 0 Å². The van der Waals surface area contributed by atoms with Crippen LogP contribution in [0.15, 0.2) is 28.2 Å². The van der Waals surface area contributed by atoms with E-state index in [-0.39, 0.29) is 23.3 Å². The Morgan fingerprint density at radius 3 is 2.69 bits per heavy atom. The standard InChI is InChI=1S/C20H29N3O2S/c1-13(2)7-6-8-15(4)21-18(24)12-26-20-22-17-10-9-14(3)11-16(17)19(25)23(20)5/h9-11,13,15H,6-8,12H2,1-5H3,(H,21,24). The van der Waals surface area contributed by atoms with Gasteiger partial charge in [-0.3, -0.25) is 14.2 Å². The Balaban J connectivity index is 1.96. The van der Waals surface area contributed by atoms with Crippen molar-refractivity contribution in [2.75, 3.05) is 5.75 Å². The molecule has 0 saturated heterocycles. The van der Waals surface area contributed by atoms with Crippen LogP contribution in [-0.4, -0.2) is 27.3 Å². The molecule has 0 radical (unpaired) electrons. The van der Waals surface area contributed by atoms with Crippen molar-refractivity contribution in [3.8, 4) is 0 Å². The average molecular weight is 376 g/mol. The maximum absolute atomic E-state index is 12.5. The van der Waals surface area contributed by atoms with Gasteiger partial charge >= 0.3 is 0 Å². The highest BCUT2D eigenvalue weighted by molar-refractivity contribution is 7.99. The smallest absolute Gasteiger partial charge is 0.261 e. The molecule has 26 heavy (non-hydrogen) atoms. The lowest BCUT2D eigenvalue weighted by atomic mass is 10.0. The van der Waals surface area contributed by atoms with E-state index in [1.807, 2.05) is 32.0 Å². The first-order chi connectivity index (χ1) is 12.3. The van der Waals surface area contributed by atoms with Crippen LogP contribution in [0.4, 0.5) is 0 Å². The van der Waals surface area contributed by atoms with Crippen molar-refractivity contribution in [3.05, 3.63) is 34.1 Å². The third kappa shape index (κ3) is 5.59. The van der Waals surface area contributed by atoms with Gasteiger partial charge in [-0.25, -0.2) is 4.98 Å². The van der Waals surface area contributed by atoms with Crippen molar-refractivity contribution in [1.29, 1.82) is 0 Å². The van der Waals surface area contributed by atoms with Gasteiger partial charge in [0.2, 0.25) is 5.91 Å². The molecule has 6 heteroatoms. The van der Waals surface area contributed by atoms with Crippen molar-refractivity contribution in [2.24, 2.45) is 13.0 Å². The molecule has 142 valence electrons. The molecule has 0 aliphatic heterocycles. The molecule has 1 amide bonds. The third-order valence-electron chi connectivity index (χ3n) is 4.35. The minimum atomic E-state index is -0.0799. The molecule has 0 bridgehead atoms. The van der Waals surface area contributed by atoms with E-state index in [9.17, 15) is 9.59 Å². The largest absolute Gasteiger partial charge is 0.353 e. The number of carbonyl (C=O) groups is 1. The van der Waals surface area contributed by atoms with E-state index in [4.69, 9.17) is 0 Å². The van der Waals surface area contributed by atoms with Crippen LogP contribution in [0.25, 0.3) is 10.9 Å². The van der Waals surface area contributed by atoms with Crippen LogP contribution in [0, 0.1) is 12.8 Å². The summed E-state index contributed by atoms with van der Waals surface area (Å²) in [6, 6.07) is 5.81. The summed E-state index contributed by atoms with van der Waals surface area (Å²) in [5, 5.41) is 4.20. The second kappa shape index (κ2) is 9.21. The fraction of sp³-hybridized carbons (Fsp3) is 0.550. The number of amides is 1. The Kier molecular flexibility index (Phi) is 7.26. The molecule has 1 unspecified atom stereocenters. The number of benzene rings is 1. The van der Waals surface area contributed by atoms with Crippen LogP contribution in [0.1, 0.15) is 45.6 Å². The summed E-state index contributed by atoms with van der Waals surface area (Å²) < 4.78 is 1.52. The van der Waals surface area contributed by atoms with Crippen molar-refractivity contribution in [1.82, 2.24) is 14.9 Å². The number of thioether (sulfide) groups is 1. The molecular weight excluding hydrogens is 346 g/mol. The number of rotatable bonds is 8. The van der Waals surface area contributed by atoms with Gasteiger partial charge in [0.1, 0.15) is 0 Å². The van der Waals surface area contributed by atoms with Gasteiger partial charge in [0.05, 0.1) is 16.7 Å². The van der Waals surface area contributed by atoms with E-state index in [1.54, 1.807) is 7.05 Å². The lowest BCUT2D eigenvalue weighted by Crippen LogP contribution is -2.34. The van der Waals surface area contributed by atoms with Gasteiger partial charge in [-0.15, -0.1) is 0 Å². The summed E-state index contributed by atoms with van der Waals surface area (Å²) in [6.45, 7) is 8.41. The molecule has 2 rings (SSSR count). The molecule has 5 nitrogen and oxygen atoms in total. The van der Waals surface area contributed by atoms with Crippen molar-refractivity contribution in [2.45, 2.75) is 58.2 Å². The summed E-state index contributed by atoms with van der Waals surface area (Å²) >= 11 is 1.30. The van der Waals surface area contributed by atoms with Crippen LogP contribution < -0.4 is 10.9 Å². The van der Waals surface area contributed by atoms with Gasteiger partial charge in [-0.1, -0.05) is 50.1 Å². The molecular formula is C20H29N3O2S.